The molecule has 68 heavy (non-hydrogen) atoms. The van der Waals surface area contributed by atoms with Crippen LogP contribution in [0.25, 0.3) is 95.0 Å². The van der Waals surface area contributed by atoms with Crippen LogP contribution in [-0.2, 0) is 10.8 Å². The van der Waals surface area contributed by atoms with E-state index in [1.54, 1.807) is 18.3 Å². The van der Waals surface area contributed by atoms with E-state index in [0.29, 0.717) is 44.9 Å². The second-order valence-electron chi connectivity index (χ2n) is 19.7. The number of para-hydroxylation sites is 1. The Labute approximate surface area is 409 Å². The lowest BCUT2D eigenvalue weighted by atomic mass is 9.79. The minimum atomic E-state index is -2.54. The maximum Gasteiger partial charge on any atom is 0.149 e. The number of aryl methyl sites for hydroxylation is 2. The van der Waals surface area contributed by atoms with Crippen LogP contribution in [0.1, 0.15) is 72.0 Å². The van der Waals surface area contributed by atoms with Crippen molar-refractivity contribution in [2.24, 2.45) is 0 Å². The van der Waals surface area contributed by atoms with Gasteiger partial charge < -0.3 is 5.11 Å². The summed E-state index contributed by atoms with van der Waals surface area (Å²) in [5.41, 5.74) is 13.3. The summed E-state index contributed by atoms with van der Waals surface area (Å²) in [6.45, 7) is 7.73. The lowest BCUT2D eigenvalue weighted by Gasteiger charge is -2.27. The van der Waals surface area contributed by atoms with Crippen molar-refractivity contribution in [1.82, 2.24) is 14.5 Å². The van der Waals surface area contributed by atoms with E-state index in [9.17, 15) is 5.11 Å². The molecule has 0 fully saturated rings. The fourth-order valence-corrected chi connectivity index (χ4v) is 9.19. The monoisotopic (exact) mass is 889 g/mol. The highest BCUT2D eigenvalue weighted by molar-refractivity contribution is 5.98. The Hall–Kier alpha value is -7.82. The van der Waals surface area contributed by atoms with Crippen molar-refractivity contribution < 1.29 is 13.3 Å². The van der Waals surface area contributed by atoms with Gasteiger partial charge in [-0.1, -0.05) is 169 Å². The van der Waals surface area contributed by atoms with E-state index < -0.39 is 19.1 Å². The normalized spacial score (nSPS) is 13.6. The summed E-state index contributed by atoms with van der Waals surface area (Å²) in [5.74, 6) is 0.478. The van der Waals surface area contributed by atoms with Gasteiger partial charge in [0.2, 0.25) is 0 Å². The minimum Gasteiger partial charge on any atom is -0.507 e. The van der Waals surface area contributed by atoms with Crippen LogP contribution in [-0.4, -0.2) is 19.6 Å². The molecule has 2 aromatic heterocycles. The zero-order valence-corrected chi connectivity index (χ0v) is 39.3. The maximum absolute atomic E-state index is 12.5. The van der Waals surface area contributed by atoms with Gasteiger partial charge in [0, 0.05) is 31.1 Å². The van der Waals surface area contributed by atoms with Crippen LogP contribution in [0.15, 0.2) is 194 Å². The molecule has 0 atom stereocenters. The Bertz CT molecular complexity index is 3720. The van der Waals surface area contributed by atoms with Crippen LogP contribution in [0.2, 0.25) is 0 Å². The van der Waals surface area contributed by atoms with Crippen molar-refractivity contribution in [1.29, 1.82) is 0 Å². The van der Waals surface area contributed by atoms with Gasteiger partial charge in [0.1, 0.15) is 11.6 Å². The molecule has 0 saturated carbocycles. The summed E-state index contributed by atoms with van der Waals surface area (Å²) >= 11 is 0. The summed E-state index contributed by atoms with van der Waals surface area (Å²) in [7, 11) is 0. The van der Waals surface area contributed by atoms with Gasteiger partial charge in [0.05, 0.1) is 28.0 Å². The van der Waals surface area contributed by atoms with E-state index in [-0.39, 0.29) is 22.3 Å². The molecule has 1 N–H and O–H groups in total. The molecule has 0 unspecified atom stereocenters. The number of nitrogens with zero attached hydrogens (tertiary/aromatic N) is 3. The number of hydrogen-bond donors (Lipinski definition) is 1. The molecule has 0 aliphatic rings. The number of pyridine rings is 1. The fraction of sp³-hybridized carbons (Fsp3) is 0.156. The summed E-state index contributed by atoms with van der Waals surface area (Å²) in [5, 5.41) is 12.5. The van der Waals surface area contributed by atoms with Crippen molar-refractivity contribution >= 4 is 11.0 Å². The zero-order chi connectivity index (χ0) is 52.3. The summed E-state index contributed by atoms with van der Waals surface area (Å²) in [6.07, 6.45) is 1.72. The van der Waals surface area contributed by atoms with Crippen LogP contribution in [0, 0.1) is 13.7 Å². The Kier molecular flexibility index (Phi) is 9.56. The highest BCUT2D eigenvalue weighted by Crippen LogP contribution is 2.45. The predicted molar refractivity (Wildman–Crippen MR) is 285 cm³/mol. The number of imidazole rings is 1. The number of aromatic nitrogens is 3. The summed E-state index contributed by atoms with van der Waals surface area (Å²) in [6, 6.07) is 60.9. The van der Waals surface area contributed by atoms with E-state index in [2.05, 4.69) is 77.9 Å². The molecule has 2 heterocycles. The molecule has 10 rings (SSSR count). The third-order valence-corrected chi connectivity index (χ3v) is 12.9. The Morgan fingerprint density at radius 3 is 1.72 bits per heavy atom. The first-order chi connectivity index (χ1) is 35.1. The number of phenols is 1. The van der Waals surface area contributed by atoms with Gasteiger partial charge in [-0.15, -0.1) is 0 Å². The summed E-state index contributed by atoms with van der Waals surface area (Å²) < 4.78 is 54.5. The summed E-state index contributed by atoms with van der Waals surface area (Å²) in [4.78, 5) is 10.4. The highest BCUT2D eigenvalue weighted by Gasteiger charge is 2.29. The molecule has 0 radical (unpaired) electrons. The highest BCUT2D eigenvalue weighted by atomic mass is 16.3. The molecule has 10 aromatic rings. The van der Waals surface area contributed by atoms with Crippen LogP contribution < -0.4 is 0 Å². The topological polar surface area (TPSA) is 50.9 Å². The number of rotatable bonds is 8. The molecule has 8 aromatic carbocycles. The largest absolute Gasteiger partial charge is 0.507 e. The minimum absolute atomic E-state index is 0.0789. The third kappa shape index (κ3) is 8.43. The lowest BCUT2D eigenvalue weighted by molar-refractivity contribution is 0.446. The van der Waals surface area contributed by atoms with E-state index in [1.165, 1.54) is 0 Å². The smallest absolute Gasteiger partial charge is 0.149 e. The van der Waals surface area contributed by atoms with E-state index in [0.717, 1.165) is 61.2 Å². The standard InChI is InChI=1S/C64H57N3O/c1-41-27-28-47(44-21-14-10-15-22-44)37-54(41)48-31-32-65-57(38-48)51-35-49(45-23-16-11-17-24-45)34-50(36-51)53-25-18-26-59-60(53)66-62(55-39-52(63(3,4)5)40-56(61(55)68)64(6,7)8)67(59)58-30-29-46(33-42(58)2)43-19-12-9-13-20-43/h9-40,68H,1-8H3/i1D3,2D3. The first-order valence-corrected chi connectivity index (χ1v) is 23.1. The second-order valence-corrected chi connectivity index (χ2v) is 19.7. The Morgan fingerprint density at radius 2 is 1.07 bits per heavy atom. The van der Waals surface area contributed by atoms with Crippen molar-refractivity contribution in [2.75, 3.05) is 0 Å². The van der Waals surface area contributed by atoms with Crippen LogP contribution in [0.3, 0.4) is 0 Å². The van der Waals surface area contributed by atoms with Crippen LogP contribution in [0.4, 0.5) is 0 Å². The molecule has 4 heteroatoms. The SMILES string of the molecule is [2H]C([2H])([2H])c1ccc(-c2ccccc2)cc1-c1ccnc(-c2cc(-c3ccccc3)cc(-c3cccc4c3nc(-c3cc(C(C)(C)C)cc(C(C)(C)C)c3O)n4-c3ccc(-c4ccccc4)cc3C([2H])([2H])[2H])c2)c1. The molecule has 0 saturated heterocycles. The van der Waals surface area contributed by atoms with Gasteiger partial charge in [0.25, 0.3) is 0 Å². The Morgan fingerprint density at radius 1 is 0.456 bits per heavy atom. The van der Waals surface area contributed by atoms with Gasteiger partial charge in [-0.25, -0.2) is 4.98 Å². The van der Waals surface area contributed by atoms with Gasteiger partial charge >= 0.3 is 0 Å². The van der Waals surface area contributed by atoms with E-state index in [1.807, 2.05) is 144 Å². The zero-order valence-electron chi connectivity index (χ0n) is 45.3. The molecule has 0 spiro atoms. The average molecular weight is 890 g/mol. The number of fused-ring (bicyclic) bond motifs is 1. The van der Waals surface area contributed by atoms with E-state index in [4.69, 9.17) is 18.2 Å². The van der Waals surface area contributed by atoms with Gasteiger partial charge in [-0.05, 0) is 152 Å². The Balaban J connectivity index is 1.24. The first-order valence-electron chi connectivity index (χ1n) is 26.1. The van der Waals surface area contributed by atoms with Crippen molar-refractivity contribution in [3.05, 3.63) is 217 Å². The average Bonchev–Trinajstić information content (AvgIpc) is 3.77. The third-order valence-electron chi connectivity index (χ3n) is 12.9. The molecular formula is C64H57N3O. The molecule has 0 aliphatic carbocycles. The lowest BCUT2D eigenvalue weighted by Crippen LogP contribution is -2.17. The van der Waals surface area contributed by atoms with Crippen molar-refractivity contribution in [3.8, 4) is 89.7 Å². The van der Waals surface area contributed by atoms with Gasteiger partial charge in [0.15, 0.2) is 0 Å². The van der Waals surface area contributed by atoms with Gasteiger partial charge in [-0.2, -0.15) is 0 Å². The fourth-order valence-electron chi connectivity index (χ4n) is 9.19. The van der Waals surface area contributed by atoms with Crippen molar-refractivity contribution in [2.45, 2.75) is 66.1 Å². The van der Waals surface area contributed by atoms with Crippen molar-refractivity contribution in [3.63, 3.8) is 0 Å². The number of benzene rings is 8. The van der Waals surface area contributed by atoms with Gasteiger partial charge in [-0.3, -0.25) is 9.55 Å². The molecular weight excluding hydrogens is 827 g/mol. The van der Waals surface area contributed by atoms with E-state index >= 15 is 0 Å². The first kappa shape index (κ1) is 37.3. The number of aromatic hydroxyl groups is 1. The predicted octanol–water partition coefficient (Wildman–Crippen LogP) is 17.0. The molecule has 0 bridgehead atoms. The molecule has 4 nitrogen and oxygen atoms in total. The second kappa shape index (κ2) is 17.4. The number of hydrogen-bond acceptors (Lipinski definition) is 3. The molecule has 0 amide bonds. The van der Waals surface area contributed by atoms with Crippen LogP contribution in [0.5, 0.6) is 5.75 Å². The molecule has 334 valence electrons. The quantitative estimate of drug-likeness (QED) is 0.165. The number of phenolic OH excluding ortho intramolecular Hbond substituents is 1. The molecule has 0 aliphatic heterocycles. The van der Waals surface area contributed by atoms with Crippen LogP contribution >= 0.6 is 0 Å². The maximum atomic E-state index is 12.5.